The smallest absolute Gasteiger partial charge is 0.338 e. The van der Waals surface area contributed by atoms with Crippen LogP contribution in [0, 0.1) is 0 Å². The molecule has 0 amide bonds. The number of carbonyl (C=O) groups excluding carboxylic acids is 1. The minimum atomic E-state index is -3.42. The molecule has 0 bridgehead atoms. The van der Waals surface area contributed by atoms with Crippen molar-refractivity contribution in [3.63, 3.8) is 0 Å². The van der Waals surface area contributed by atoms with E-state index in [1.165, 1.54) is 13.4 Å². The lowest BCUT2D eigenvalue weighted by Crippen LogP contribution is -2.15. The maximum absolute atomic E-state index is 12.4. The van der Waals surface area contributed by atoms with Crippen LogP contribution in [0.2, 0.25) is 0 Å². The molecule has 124 valence electrons. The summed E-state index contributed by atoms with van der Waals surface area (Å²) in [5.74, 6) is -0.347. The van der Waals surface area contributed by atoms with Gasteiger partial charge in [0.25, 0.3) is 0 Å². The van der Waals surface area contributed by atoms with E-state index in [2.05, 4.69) is 6.92 Å². The third-order valence-electron chi connectivity index (χ3n) is 3.82. The Hall–Kier alpha value is -1.36. The number of esters is 1. The van der Waals surface area contributed by atoms with Crippen molar-refractivity contribution in [2.75, 3.05) is 13.4 Å². The highest BCUT2D eigenvalue weighted by Crippen LogP contribution is 2.33. The molecule has 0 spiro atoms. The molecule has 0 fully saturated rings. The van der Waals surface area contributed by atoms with Crippen molar-refractivity contribution in [1.82, 2.24) is 0 Å². The standard InChI is InChI=1S/C17H26O4S/c1-6-8-12(3)13-10-11-15(17(18)21-4)14(9-7-2)16(13)22(5,19)20/h10-12H,6-9H2,1-5H3. The van der Waals surface area contributed by atoms with Crippen LogP contribution in [0.3, 0.4) is 0 Å². The van der Waals surface area contributed by atoms with Gasteiger partial charge in [-0.2, -0.15) is 0 Å². The fraction of sp³-hybridized carbons (Fsp3) is 0.588. The lowest BCUT2D eigenvalue weighted by Gasteiger charge is -2.20. The van der Waals surface area contributed by atoms with Crippen LogP contribution >= 0.6 is 0 Å². The summed E-state index contributed by atoms with van der Waals surface area (Å²) in [6.45, 7) is 6.07. The predicted octanol–water partition coefficient (Wildman–Crippen LogP) is 3.73. The van der Waals surface area contributed by atoms with Gasteiger partial charge in [0.15, 0.2) is 9.84 Å². The van der Waals surface area contributed by atoms with Crippen molar-refractivity contribution in [3.8, 4) is 0 Å². The number of sulfone groups is 1. The SMILES string of the molecule is CCCc1c(C(=O)OC)ccc(C(C)CCC)c1S(C)(=O)=O. The number of hydrogen-bond acceptors (Lipinski definition) is 4. The number of ether oxygens (including phenoxy) is 1. The molecule has 4 nitrogen and oxygen atoms in total. The summed E-state index contributed by atoms with van der Waals surface area (Å²) in [5, 5.41) is 0. The fourth-order valence-corrected chi connectivity index (χ4v) is 4.22. The van der Waals surface area contributed by atoms with Gasteiger partial charge in [-0.1, -0.05) is 39.7 Å². The summed E-state index contributed by atoms with van der Waals surface area (Å²) in [7, 11) is -2.11. The number of benzene rings is 1. The average molecular weight is 326 g/mol. The first kappa shape index (κ1) is 18.7. The van der Waals surface area contributed by atoms with Crippen molar-refractivity contribution in [2.24, 2.45) is 0 Å². The second-order valence-electron chi connectivity index (χ2n) is 5.71. The molecule has 0 N–H and O–H groups in total. The Kier molecular flexibility index (Phi) is 6.60. The average Bonchev–Trinajstić information content (AvgIpc) is 2.45. The number of hydrogen-bond donors (Lipinski definition) is 0. The molecule has 0 aromatic heterocycles. The van der Waals surface area contributed by atoms with Gasteiger partial charge >= 0.3 is 5.97 Å². The monoisotopic (exact) mass is 326 g/mol. The maximum atomic E-state index is 12.4. The highest BCUT2D eigenvalue weighted by molar-refractivity contribution is 7.90. The number of rotatable bonds is 7. The molecular weight excluding hydrogens is 300 g/mol. The summed E-state index contributed by atoms with van der Waals surface area (Å²) in [6, 6.07) is 3.47. The van der Waals surface area contributed by atoms with Crippen molar-refractivity contribution < 1.29 is 17.9 Å². The maximum Gasteiger partial charge on any atom is 0.338 e. The van der Waals surface area contributed by atoms with Gasteiger partial charge in [-0.15, -0.1) is 0 Å². The van der Waals surface area contributed by atoms with Crippen molar-refractivity contribution >= 4 is 15.8 Å². The molecule has 0 aliphatic carbocycles. The largest absolute Gasteiger partial charge is 0.465 e. The molecule has 1 aromatic carbocycles. The third kappa shape index (κ3) is 4.09. The molecular formula is C17H26O4S. The quantitative estimate of drug-likeness (QED) is 0.716. The van der Waals surface area contributed by atoms with Crippen LogP contribution in [0.4, 0.5) is 0 Å². The third-order valence-corrected chi connectivity index (χ3v) is 5.04. The van der Waals surface area contributed by atoms with Crippen molar-refractivity contribution in [2.45, 2.75) is 57.3 Å². The van der Waals surface area contributed by atoms with E-state index >= 15 is 0 Å². The summed E-state index contributed by atoms with van der Waals surface area (Å²) in [5.41, 5.74) is 1.76. The van der Waals surface area contributed by atoms with Crippen LogP contribution in [0.15, 0.2) is 17.0 Å². The van der Waals surface area contributed by atoms with Gasteiger partial charge in [-0.05, 0) is 36.0 Å². The van der Waals surface area contributed by atoms with E-state index in [1.807, 2.05) is 13.8 Å². The predicted molar refractivity (Wildman–Crippen MR) is 88.2 cm³/mol. The van der Waals surface area contributed by atoms with E-state index in [0.29, 0.717) is 22.4 Å². The minimum absolute atomic E-state index is 0.136. The first-order valence-electron chi connectivity index (χ1n) is 7.71. The van der Waals surface area contributed by atoms with Crippen LogP contribution in [0.1, 0.15) is 67.4 Å². The Bertz CT molecular complexity index is 632. The van der Waals surface area contributed by atoms with E-state index in [1.54, 1.807) is 12.1 Å². The fourth-order valence-electron chi connectivity index (χ4n) is 2.86. The van der Waals surface area contributed by atoms with Crippen LogP contribution < -0.4 is 0 Å². The van der Waals surface area contributed by atoms with Crippen LogP contribution in [-0.2, 0) is 21.0 Å². The number of methoxy groups -OCH3 is 1. The second kappa shape index (κ2) is 7.77. The molecule has 1 rings (SSSR count). The minimum Gasteiger partial charge on any atom is -0.465 e. The lowest BCUT2D eigenvalue weighted by atomic mass is 9.91. The molecule has 1 atom stereocenters. The van der Waals surface area contributed by atoms with E-state index in [0.717, 1.165) is 24.8 Å². The molecule has 0 saturated carbocycles. The van der Waals surface area contributed by atoms with Crippen molar-refractivity contribution in [1.29, 1.82) is 0 Å². The Morgan fingerprint density at radius 1 is 1.23 bits per heavy atom. The molecule has 0 aliphatic heterocycles. The first-order valence-corrected chi connectivity index (χ1v) is 9.61. The van der Waals surface area contributed by atoms with Gasteiger partial charge in [-0.3, -0.25) is 0 Å². The van der Waals surface area contributed by atoms with Crippen molar-refractivity contribution in [3.05, 3.63) is 28.8 Å². The topological polar surface area (TPSA) is 60.4 Å². The van der Waals surface area contributed by atoms with Gasteiger partial charge in [-0.25, -0.2) is 13.2 Å². The number of carbonyl (C=O) groups is 1. The Labute approximate surface area is 133 Å². The summed E-state index contributed by atoms with van der Waals surface area (Å²) in [4.78, 5) is 12.3. The molecule has 1 aromatic rings. The zero-order valence-electron chi connectivity index (χ0n) is 14.1. The molecule has 5 heteroatoms. The molecule has 22 heavy (non-hydrogen) atoms. The van der Waals surface area contributed by atoms with E-state index < -0.39 is 15.8 Å². The molecule has 0 saturated heterocycles. The first-order chi connectivity index (χ1) is 10.3. The van der Waals surface area contributed by atoms with E-state index in [-0.39, 0.29) is 5.92 Å². The summed E-state index contributed by atoms with van der Waals surface area (Å²) >= 11 is 0. The van der Waals surface area contributed by atoms with Gasteiger partial charge in [0, 0.05) is 6.26 Å². The van der Waals surface area contributed by atoms with Gasteiger partial charge in [0.1, 0.15) is 0 Å². The summed E-state index contributed by atoms with van der Waals surface area (Å²) < 4.78 is 29.5. The van der Waals surface area contributed by atoms with E-state index in [9.17, 15) is 13.2 Å². The molecule has 0 heterocycles. The zero-order valence-corrected chi connectivity index (χ0v) is 14.9. The van der Waals surface area contributed by atoms with Crippen LogP contribution in [0.5, 0.6) is 0 Å². The highest BCUT2D eigenvalue weighted by Gasteiger charge is 2.26. The summed E-state index contributed by atoms with van der Waals surface area (Å²) in [6.07, 6.45) is 4.40. The molecule has 1 unspecified atom stereocenters. The molecule has 0 radical (unpaired) electrons. The lowest BCUT2D eigenvalue weighted by molar-refractivity contribution is 0.0599. The normalized spacial score (nSPS) is 13.0. The van der Waals surface area contributed by atoms with Gasteiger partial charge in [0.2, 0.25) is 0 Å². The Morgan fingerprint density at radius 3 is 2.32 bits per heavy atom. The second-order valence-corrected chi connectivity index (χ2v) is 7.67. The van der Waals surface area contributed by atoms with E-state index in [4.69, 9.17) is 4.74 Å². The van der Waals surface area contributed by atoms with Gasteiger partial charge < -0.3 is 4.74 Å². The molecule has 0 aliphatic rings. The van der Waals surface area contributed by atoms with Crippen LogP contribution in [-0.4, -0.2) is 27.8 Å². The Balaban J connectivity index is 3.69. The highest BCUT2D eigenvalue weighted by atomic mass is 32.2. The van der Waals surface area contributed by atoms with Gasteiger partial charge in [0.05, 0.1) is 17.6 Å². The Morgan fingerprint density at radius 2 is 1.86 bits per heavy atom. The van der Waals surface area contributed by atoms with Crippen LogP contribution in [0.25, 0.3) is 0 Å². The zero-order chi connectivity index (χ0) is 16.9.